The van der Waals surface area contributed by atoms with Crippen LogP contribution in [0.3, 0.4) is 0 Å². The molecule has 1 aromatic rings. The number of aryl methyl sites for hydroxylation is 2. The monoisotopic (exact) mass is 293 g/mol. The Labute approximate surface area is 128 Å². The first-order valence-corrected chi connectivity index (χ1v) is 8.23. The number of hydrogen-bond acceptors (Lipinski definition) is 2. The Morgan fingerprint density at radius 2 is 2.00 bits per heavy atom. The lowest BCUT2D eigenvalue weighted by Crippen LogP contribution is -2.26. The zero-order valence-corrected chi connectivity index (χ0v) is 13.5. The molecule has 1 fully saturated rings. The molecule has 21 heavy (non-hydrogen) atoms. The largest absolute Gasteiger partial charge is 0.378 e. The number of benzene rings is 1. The molecule has 2 nitrogen and oxygen atoms in total. The lowest BCUT2D eigenvalue weighted by Gasteiger charge is -2.27. The van der Waals surface area contributed by atoms with Crippen molar-refractivity contribution < 1.29 is 9.13 Å². The fraction of sp³-hybridized carbons (Fsp3) is 0.667. The first-order valence-electron chi connectivity index (χ1n) is 8.23. The Morgan fingerprint density at radius 3 is 2.57 bits per heavy atom. The minimum atomic E-state index is -0.139. The highest BCUT2D eigenvalue weighted by molar-refractivity contribution is 5.36. The number of ether oxygens (including phenoxy) is 1. The molecular weight excluding hydrogens is 265 g/mol. The van der Waals surface area contributed by atoms with E-state index in [0.717, 1.165) is 37.1 Å². The fourth-order valence-electron chi connectivity index (χ4n) is 3.45. The highest BCUT2D eigenvalue weighted by Crippen LogP contribution is 2.28. The Kier molecular flexibility index (Phi) is 6.19. The minimum Gasteiger partial charge on any atom is -0.378 e. The summed E-state index contributed by atoms with van der Waals surface area (Å²) >= 11 is 0. The smallest absolute Gasteiger partial charge is 0.123 e. The SMILES string of the molecule is CCNC(CCC1CCCCO1)c1c(C)cc(F)cc1C. The summed E-state index contributed by atoms with van der Waals surface area (Å²) in [7, 11) is 0. The first-order chi connectivity index (χ1) is 10.1. The number of hydrogen-bond donors (Lipinski definition) is 1. The maximum absolute atomic E-state index is 13.5. The molecule has 0 aliphatic carbocycles. The van der Waals surface area contributed by atoms with Gasteiger partial charge in [-0.1, -0.05) is 6.92 Å². The summed E-state index contributed by atoms with van der Waals surface area (Å²) in [6.45, 7) is 7.97. The van der Waals surface area contributed by atoms with Gasteiger partial charge in [0.1, 0.15) is 5.82 Å². The molecule has 1 N–H and O–H groups in total. The predicted molar refractivity (Wildman–Crippen MR) is 85.1 cm³/mol. The molecule has 0 spiro atoms. The van der Waals surface area contributed by atoms with Gasteiger partial charge in [0.15, 0.2) is 0 Å². The number of rotatable bonds is 6. The van der Waals surface area contributed by atoms with E-state index in [1.165, 1.54) is 24.8 Å². The van der Waals surface area contributed by atoms with Crippen molar-refractivity contribution >= 4 is 0 Å². The van der Waals surface area contributed by atoms with E-state index in [-0.39, 0.29) is 5.82 Å². The summed E-state index contributed by atoms with van der Waals surface area (Å²) in [6, 6.07) is 3.58. The van der Waals surface area contributed by atoms with E-state index in [4.69, 9.17) is 4.74 Å². The topological polar surface area (TPSA) is 21.3 Å². The molecular formula is C18H28FNO. The van der Waals surface area contributed by atoms with Gasteiger partial charge >= 0.3 is 0 Å². The summed E-state index contributed by atoms with van der Waals surface area (Å²) in [5.41, 5.74) is 3.35. The van der Waals surface area contributed by atoms with Crippen molar-refractivity contribution in [1.82, 2.24) is 5.32 Å². The molecule has 1 aromatic carbocycles. The maximum atomic E-state index is 13.5. The van der Waals surface area contributed by atoms with Crippen LogP contribution in [0.25, 0.3) is 0 Å². The second-order valence-electron chi connectivity index (χ2n) is 6.13. The number of nitrogens with one attached hydrogen (secondary N) is 1. The van der Waals surface area contributed by atoms with Crippen LogP contribution in [-0.2, 0) is 4.74 Å². The third-order valence-corrected chi connectivity index (χ3v) is 4.41. The molecule has 0 aromatic heterocycles. The van der Waals surface area contributed by atoms with Gasteiger partial charge in [-0.15, -0.1) is 0 Å². The molecule has 0 radical (unpaired) electrons. The van der Waals surface area contributed by atoms with Crippen LogP contribution in [-0.4, -0.2) is 19.3 Å². The summed E-state index contributed by atoms with van der Waals surface area (Å²) < 4.78 is 19.3. The van der Waals surface area contributed by atoms with Crippen molar-refractivity contribution in [2.75, 3.05) is 13.2 Å². The number of halogens is 1. The van der Waals surface area contributed by atoms with E-state index in [1.54, 1.807) is 12.1 Å². The standard InChI is InChI=1S/C18H28FNO/c1-4-20-17(9-8-16-7-5-6-10-21-16)18-13(2)11-15(19)12-14(18)3/h11-12,16-17,20H,4-10H2,1-3H3. The summed E-state index contributed by atoms with van der Waals surface area (Å²) in [5.74, 6) is -0.139. The van der Waals surface area contributed by atoms with Crippen LogP contribution in [0.2, 0.25) is 0 Å². The molecule has 1 saturated heterocycles. The van der Waals surface area contributed by atoms with Crippen molar-refractivity contribution in [2.24, 2.45) is 0 Å². The third-order valence-electron chi connectivity index (χ3n) is 4.41. The molecule has 2 atom stereocenters. The van der Waals surface area contributed by atoms with E-state index in [2.05, 4.69) is 12.2 Å². The van der Waals surface area contributed by atoms with Crippen LogP contribution in [0, 0.1) is 19.7 Å². The van der Waals surface area contributed by atoms with Gasteiger partial charge in [-0.05, 0) is 81.3 Å². The molecule has 0 bridgehead atoms. The second-order valence-corrected chi connectivity index (χ2v) is 6.13. The zero-order valence-electron chi connectivity index (χ0n) is 13.5. The molecule has 1 aliphatic heterocycles. The molecule has 118 valence electrons. The molecule has 2 unspecified atom stereocenters. The van der Waals surface area contributed by atoms with E-state index < -0.39 is 0 Å². The minimum absolute atomic E-state index is 0.139. The van der Waals surface area contributed by atoms with Crippen LogP contribution in [0.5, 0.6) is 0 Å². The quantitative estimate of drug-likeness (QED) is 0.837. The van der Waals surface area contributed by atoms with Gasteiger partial charge in [0.05, 0.1) is 6.10 Å². The first kappa shape index (κ1) is 16.4. The van der Waals surface area contributed by atoms with Crippen LogP contribution < -0.4 is 5.32 Å². The zero-order chi connectivity index (χ0) is 15.2. The van der Waals surface area contributed by atoms with Gasteiger partial charge in [0.25, 0.3) is 0 Å². The lowest BCUT2D eigenvalue weighted by atomic mass is 9.91. The van der Waals surface area contributed by atoms with Gasteiger partial charge in [0, 0.05) is 12.6 Å². The van der Waals surface area contributed by atoms with Crippen LogP contribution in [0.4, 0.5) is 4.39 Å². The predicted octanol–water partition coefficient (Wildman–Crippen LogP) is 4.44. The van der Waals surface area contributed by atoms with Crippen molar-refractivity contribution in [3.05, 3.63) is 34.6 Å². The Balaban J connectivity index is 2.07. The molecule has 0 saturated carbocycles. The van der Waals surface area contributed by atoms with Crippen molar-refractivity contribution in [3.63, 3.8) is 0 Å². The van der Waals surface area contributed by atoms with Crippen LogP contribution in [0.15, 0.2) is 12.1 Å². The van der Waals surface area contributed by atoms with Crippen molar-refractivity contribution in [1.29, 1.82) is 0 Å². The van der Waals surface area contributed by atoms with Gasteiger partial charge < -0.3 is 10.1 Å². The summed E-state index contributed by atoms with van der Waals surface area (Å²) in [4.78, 5) is 0. The normalized spacial score (nSPS) is 20.5. The molecule has 2 rings (SSSR count). The van der Waals surface area contributed by atoms with Crippen molar-refractivity contribution in [3.8, 4) is 0 Å². The Hall–Kier alpha value is -0.930. The van der Waals surface area contributed by atoms with E-state index in [9.17, 15) is 4.39 Å². The summed E-state index contributed by atoms with van der Waals surface area (Å²) in [5, 5.41) is 3.56. The van der Waals surface area contributed by atoms with Crippen LogP contribution >= 0.6 is 0 Å². The molecule has 3 heteroatoms. The average Bonchev–Trinajstić information content (AvgIpc) is 2.45. The fourth-order valence-corrected chi connectivity index (χ4v) is 3.45. The van der Waals surface area contributed by atoms with E-state index in [0.29, 0.717) is 12.1 Å². The highest BCUT2D eigenvalue weighted by atomic mass is 19.1. The van der Waals surface area contributed by atoms with E-state index >= 15 is 0 Å². The van der Waals surface area contributed by atoms with Gasteiger partial charge in [0.2, 0.25) is 0 Å². The van der Waals surface area contributed by atoms with Gasteiger partial charge in [-0.2, -0.15) is 0 Å². The molecule has 1 heterocycles. The third kappa shape index (κ3) is 4.52. The van der Waals surface area contributed by atoms with Crippen LogP contribution in [0.1, 0.15) is 61.8 Å². The van der Waals surface area contributed by atoms with Gasteiger partial charge in [-0.3, -0.25) is 0 Å². The Morgan fingerprint density at radius 1 is 1.29 bits per heavy atom. The highest BCUT2D eigenvalue weighted by Gasteiger charge is 2.20. The second kappa shape index (κ2) is 7.90. The van der Waals surface area contributed by atoms with Crippen molar-refractivity contribution in [2.45, 2.75) is 65.0 Å². The Bertz CT molecular complexity index is 432. The average molecular weight is 293 g/mol. The molecule has 0 amide bonds. The maximum Gasteiger partial charge on any atom is 0.123 e. The summed E-state index contributed by atoms with van der Waals surface area (Å²) in [6.07, 6.45) is 6.19. The molecule has 1 aliphatic rings. The lowest BCUT2D eigenvalue weighted by molar-refractivity contribution is 0.00854. The van der Waals surface area contributed by atoms with Gasteiger partial charge in [-0.25, -0.2) is 4.39 Å². The van der Waals surface area contributed by atoms with E-state index in [1.807, 2.05) is 13.8 Å².